The van der Waals surface area contributed by atoms with Crippen molar-refractivity contribution in [3.63, 3.8) is 0 Å². The number of para-hydroxylation sites is 2. The van der Waals surface area contributed by atoms with Gasteiger partial charge in [0.05, 0.1) is 6.54 Å². The summed E-state index contributed by atoms with van der Waals surface area (Å²) in [5.74, 6) is -0.0130. The summed E-state index contributed by atoms with van der Waals surface area (Å²) in [4.78, 5) is 13.5. The Labute approximate surface area is 154 Å². The predicted molar refractivity (Wildman–Crippen MR) is 107 cm³/mol. The maximum Gasteiger partial charge on any atom is 0.233 e. The molecule has 0 atom stereocenters. The summed E-state index contributed by atoms with van der Waals surface area (Å²) in [6.45, 7) is 0.975. The molecule has 132 valence electrons. The quantitative estimate of drug-likeness (QED) is 0.680. The second-order valence-electron chi connectivity index (χ2n) is 5.95. The van der Waals surface area contributed by atoms with E-state index in [0.717, 1.165) is 22.6 Å². The van der Waals surface area contributed by atoms with E-state index in [4.69, 9.17) is 0 Å². The largest absolute Gasteiger partial charge is 0.358 e. The van der Waals surface area contributed by atoms with Crippen LogP contribution in [0.2, 0.25) is 0 Å². The Kier molecular flexibility index (Phi) is 6.01. The third-order valence-electron chi connectivity index (χ3n) is 4.12. The molecule has 4 nitrogen and oxygen atoms in total. The van der Waals surface area contributed by atoms with Crippen LogP contribution in [0.1, 0.15) is 5.56 Å². The average molecular weight is 345 g/mol. The third kappa shape index (κ3) is 4.49. The second kappa shape index (κ2) is 8.83. The van der Waals surface area contributed by atoms with E-state index < -0.39 is 0 Å². The molecule has 26 heavy (non-hydrogen) atoms. The Balaban J connectivity index is 1.80. The number of carbonyl (C=O) groups is 1. The van der Waals surface area contributed by atoms with Crippen LogP contribution < -0.4 is 15.5 Å². The van der Waals surface area contributed by atoms with Crippen LogP contribution in [-0.4, -0.2) is 19.5 Å². The van der Waals surface area contributed by atoms with Gasteiger partial charge < -0.3 is 15.5 Å². The van der Waals surface area contributed by atoms with Crippen molar-refractivity contribution >= 4 is 23.0 Å². The summed E-state index contributed by atoms with van der Waals surface area (Å²) in [6, 6.07) is 29.0. The first-order valence-corrected chi connectivity index (χ1v) is 8.68. The molecule has 0 saturated heterocycles. The normalized spacial score (nSPS) is 10.3. The summed E-state index contributed by atoms with van der Waals surface area (Å²) in [5.41, 5.74) is 4.46. The van der Waals surface area contributed by atoms with Crippen molar-refractivity contribution in [2.24, 2.45) is 0 Å². The molecule has 0 heterocycles. The molecule has 3 aromatic rings. The fourth-order valence-electron chi connectivity index (χ4n) is 2.77. The molecule has 2 N–H and O–H groups in total. The second-order valence-corrected chi connectivity index (χ2v) is 5.95. The van der Waals surface area contributed by atoms with Crippen LogP contribution in [0.4, 0.5) is 17.1 Å². The van der Waals surface area contributed by atoms with Gasteiger partial charge in [0.2, 0.25) is 5.91 Å². The Bertz CT molecular complexity index is 778. The lowest BCUT2D eigenvalue weighted by Crippen LogP contribution is -2.30. The van der Waals surface area contributed by atoms with E-state index in [1.165, 1.54) is 0 Å². The van der Waals surface area contributed by atoms with E-state index in [-0.39, 0.29) is 5.91 Å². The zero-order valence-electron chi connectivity index (χ0n) is 14.9. The lowest BCUT2D eigenvalue weighted by Gasteiger charge is -2.25. The molecule has 0 radical (unpaired) electrons. The van der Waals surface area contributed by atoms with Gasteiger partial charge in [-0.15, -0.1) is 0 Å². The lowest BCUT2D eigenvalue weighted by molar-refractivity contribution is -0.119. The standard InChI is InChI=1S/C22H23N3O/c1-23-22(26)17-24-16-18-12-14-21(15-13-18)25(19-8-4-2-5-9-19)20-10-6-3-7-11-20/h2-15,24H,16-17H2,1H3,(H,23,26). The van der Waals surface area contributed by atoms with Gasteiger partial charge in [-0.25, -0.2) is 0 Å². The van der Waals surface area contributed by atoms with E-state index in [2.05, 4.69) is 64.1 Å². The molecule has 0 aliphatic rings. The van der Waals surface area contributed by atoms with Gasteiger partial charge in [0.15, 0.2) is 0 Å². The Morgan fingerprint density at radius 1 is 0.769 bits per heavy atom. The van der Waals surface area contributed by atoms with Gasteiger partial charge in [-0.3, -0.25) is 4.79 Å². The average Bonchev–Trinajstić information content (AvgIpc) is 2.71. The molecule has 0 aliphatic heterocycles. The van der Waals surface area contributed by atoms with Gasteiger partial charge in [-0.2, -0.15) is 0 Å². The molecule has 0 bridgehead atoms. The van der Waals surface area contributed by atoms with Gasteiger partial charge in [0.25, 0.3) is 0 Å². The summed E-state index contributed by atoms with van der Waals surface area (Å²) in [6.07, 6.45) is 0. The topological polar surface area (TPSA) is 44.4 Å². The van der Waals surface area contributed by atoms with Crippen LogP contribution in [0.3, 0.4) is 0 Å². The van der Waals surface area contributed by atoms with Gasteiger partial charge in [0, 0.05) is 30.7 Å². The van der Waals surface area contributed by atoms with Crippen LogP contribution >= 0.6 is 0 Å². The van der Waals surface area contributed by atoms with Crippen LogP contribution in [0.25, 0.3) is 0 Å². The van der Waals surface area contributed by atoms with E-state index in [1.807, 2.05) is 36.4 Å². The van der Waals surface area contributed by atoms with E-state index in [1.54, 1.807) is 7.05 Å². The molecular formula is C22H23N3O. The Morgan fingerprint density at radius 3 is 1.77 bits per heavy atom. The minimum Gasteiger partial charge on any atom is -0.358 e. The maximum atomic E-state index is 11.3. The number of hydrogen-bond donors (Lipinski definition) is 2. The fraction of sp³-hybridized carbons (Fsp3) is 0.136. The van der Waals surface area contributed by atoms with Crippen molar-refractivity contribution in [1.29, 1.82) is 0 Å². The minimum absolute atomic E-state index is 0.0130. The van der Waals surface area contributed by atoms with Gasteiger partial charge >= 0.3 is 0 Å². The molecule has 3 rings (SSSR count). The third-order valence-corrected chi connectivity index (χ3v) is 4.12. The van der Waals surface area contributed by atoms with Crippen molar-refractivity contribution < 1.29 is 4.79 Å². The van der Waals surface area contributed by atoms with Crippen LogP contribution in [0.15, 0.2) is 84.9 Å². The first-order valence-electron chi connectivity index (χ1n) is 8.68. The van der Waals surface area contributed by atoms with Gasteiger partial charge in [-0.1, -0.05) is 48.5 Å². The molecule has 0 unspecified atom stereocenters. The van der Waals surface area contributed by atoms with Gasteiger partial charge in [0.1, 0.15) is 0 Å². The number of nitrogens with one attached hydrogen (secondary N) is 2. The number of rotatable bonds is 7. The van der Waals surface area contributed by atoms with E-state index in [9.17, 15) is 4.79 Å². The van der Waals surface area contributed by atoms with Crippen LogP contribution in [-0.2, 0) is 11.3 Å². The van der Waals surface area contributed by atoms with Crippen LogP contribution in [0.5, 0.6) is 0 Å². The maximum absolute atomic E-state index is 11.3. The highest BCUT2D eigenvalue weighted by atomic mass is 16.1. The molecule has 0 saturated carbocycles. The first-order chi connectivity index (χ1) is 12.8. The SMILES string of the molecule is CNC(=O)CNCc1ccc(N(c2ccccc2)c2ccccc2)cc1. The number of amides is 1. The van der Waals surface area contributed by atoms with Gasteiger partial charge in [-0.05, 0) is 42.0 Å². The number of hydrogen-bond acceptors (Lipinski definition) is 3. The van der Waals surface area contributed by atoms with Crippen molar-refractivity contribution in [3.05, 3.63) is 90.5 Å². The lowest BCUT2D eigenvalue weighted by atomic mass is 10.1. The molecule has 1 amide bonds. The fourth-order valence-corrected chi connectivity index (χ4v) is 2.77. The number of likely N-dealkylation sites (N-methyl/N-ethyl adjacent to an activating group) is 1. The monoisotopic (exact) mass is 345 g/mol. The summed E-state index contributed by atoms with van der Waals surface area (Å²) in [7, 11) is 1.64. The number of nitrogens with zero attached hydrogens (tertiary/aromatic N) is 1. The van der Waals surface area contributed by atoms with Crippen LogP contribution in [0, 0.1) is 0 Å². The smallest absolute Gasteiger partial charge is 0.233 e. The summed E-state index contributed by atoms with van der Waals surface area (Å²) < 4.78 is 0. The Morgan fingerprint density at radius 2 is 1.27 bits per heavy atom. The van der Waals surface area contributed by atoms with Crippen molar-refractivity contribution in [2.45, 2.75) is 6.54 Å². The number of benzene rings is 3. The number of anilines is 3. The first kappa shape index (κ1) is 17.7. The molecular weight excluding hydrogens is 322 g/mol. The molecule has 0 fully saturated rings. The molecule has 0 aliphatic carbocycles. The highest BCUT2D eigenvalue weighted by Gasteiger charge is 2.11. The highest BCUT2D eigenvalue weighted by Crippen LogP contribution is 2.33. The van der Waals surface area contributed by atoms with E-state index in [0.29, 0.717) is 13.1 Å². The zero-order valence-corrected chi connectivity index (χ0v) is 14.9. The number of carbonyl (C=O) groups excluding carboxylic acids is 1. The van der Waals surface area contributed by atoms with E-state index >= 15 is 0 Å². The Hall–Kier alpha value is -3.11. The highest BCUT2D eigenvalue weighted by molar-refractivity contribution is 5.77. The molecule has 0 aromatic heterocycles. The summed E-state index contributed by atoms with van der Waals surface area (Å²) >= 11 is 0. The van der Waals surface area contributed by atoms with Crippen molar-refractivity contribution in [1.82, 2.24) is 10.6 Å². The minimum atomic E-state index is -0.0130. The van der Waals surface area contributed by atoms with Crippen molar-refractivity contribution in [3.8, 4) is 0 Å². The molecule has 4 heteroatoms. The summed E-state index contributed by atoms with van der Waals surface area (Å²) in [5, 5.41) is 5.74. The zero-order chi connectivity index (χ0) is 18.2. The molecule has 0 spiro atoms. The molecule has 3 aromatic carbocycles. The van der Waals surface area contributed by atoms with Crippen molar-refractivity contribution in [2.75, 3.05) is 18.5 Å². The predicted octanol–water partition coefficient (Wildman–Crippen LogP) is 3.99.